The van der Waals surface area contributed by atoms with Gasteiger partial charge in [-0.25, -0.2) is 4.98 Å². The van der Waals surface area contributed by atoms with E-state index >= 15 is 0 Å². The van der Waals surface area contributed by atoms with Crippen molar-refractivity contribution in [2.45, 2.75) is 38.5 Å². The monoisotopic (exact) mass is 378 g/mol. The van der Waals surface area contributed by atoms with Crippen LogP contribution in [0.4, 0.5) is 0 Å². The molecule has 0 aromatic carbocycles. The van der Waals surface area contributed by atoms with E-state index in [0.29, 0.717) is 0 Å². The summed E-state index contributed by atoms with van der Waals surface area (Å²) < 4.78 is 0. The Morgan fingerprint density at radius 3 is 3.04 bits per heavy atom. The van der Waals surface area contributed by atoms with Crippen LogP contribution < -0.4 is 0 Å². The van der Waals surface area contributed by atoms with Gasteiger partial charge in [0.1, 0.15) is 5.60 Å². The molecule has 0 fully saturated rings. The first-order valence-corrected chi connectivity index (χ1v) is 9.82. The summed E-state index contributed by atoms with van der Waals surface area (Å²) in [5.74, 6) is 5.95. The zero-order valence-corrected chi connectivity index (χ0v) is 16.3. The third-order valence-corrected chi connectivity index (χ3v) is 5.52. The smallest absolute Gasteiger partial charge is 0.120 e. The summed E-state index contributed by atoms with van der Waals surface area (Å²) in [5.41, 5.74) is 2.48. The summed E-state index contributed by atoms with van der Waals surface area (Å²) >= 11 is 1.68. The van der Waals surface area contributed by atoms with Crippen LogP contribution in [0.3, 0.4) is 0 Å². The molecule has 0 spiro atoms. The van der Waals surface area contributed by atoms with E-state index in [9.17, 15) is 5.11 Å². The molecule has 4 heterocycles. The van der Waals surface area contributed by atoms with Crippen molar-refractivity contribution < 1.29 is 5.11 Å². The Bertz CT molecular complexity index is 975. The molecular formula is C21H22N4OS. The molecule has 1 aliphatic heterocycles. The van der Waals surface area contributed by atoms with E-state index in [2.05, 4.69) is 43.8 Å². The number of aromatic amines is 1. The van der Waals surface area contributed by atoms with Gasteiger partial charge in [-0.3, -0.25) is 9.88 Å². The second-order valence-corrected chi connectivity index (χ2v) is 8.42. The van der Waals surface area contributed by atoms with Crippen LogP contribution in [-0.2, 0) is 13.0 Å². The Balaban J connectivity index is 1.59. The normalized spacial score (nSPS) is 17.2. The number of rotatable bonds is 3. The fraction of sp³-hybridized carbons (Fsp3) is 0.333. The van der Waals surface area contributed by atoms with Crippen LogP contribution in [0, 0.1) is 11.8 Å². The molecule has 6 heteroatoms. The van der Waals surface area contributed by atoms with Crippen molar-refractivity contribution >= 4 is 11.3 Å². The van der Waals surface area contributed by atoms with E-state index < -0.39 is 5.60 Å². The number of H-pyrrole nitrogens is 1. The van der Waals surface area contributed by atoms with Crippen LogP contribution in [-0.4, -0.2) is 37.1 Å². The predicted molar refractivity (Wildman–Crippen MR) is 106 cm³/mol. The second-order valence-electron chi connectivity index (χ2n) is 7.25. The lowest BCUT2D eigenvalue weighted by atomic mass is 9.97. The number of nitrogens with zero attached hydrogens (tertiary/aromatic N) is 3. The number of aromatic nitrogens is 3. The molecule has 27 heavy (non-hydrogen) atoms. The minimum Gasteiger partial charge on any atom is -0.378 e. The maximum absolute atomic E-state index is 9.79. The van der Waals surface area contributed by atoms with Crippen LogP contribution in [0.1, 0.15) is 46.6 Å². The van der Waals surface area contributed by atoms with Gasteiger partial charge in [0, 0.05) is 42.5 Å². The average molecular weight is 379 g/mol. The first kappa shape index (κ1) is 17.9. The molecule has 4 rings (SSSR count). The van der Waals surface area contributed by atoms with Gasteiger partial charge in [0.05, 0.1) is 22.9 Å². The van der Waals surface area contributed by atoms with Gasteiger partial charge in [-0.2, -0.15) is 0 Å². The Morgan fingerprint density at radius 2 is 2.26 bits per heavy atom. The van der Waals surface area contributed by atoms with Crippen LogP contribution in [0.2, 0.25) is 0 Å². The number of nitrogens with one attached hydrogen (secondary N) is 1. The van der Waals surface area contributed by atoms with Crippen LogP contribution in [0.25, 0.3) is 0 Å². The highest BCUT2D eigenvalue weighted by Gasteiger charge is 2.31. The molecular weight excluding hydrogens is 356 g/mol. The molecule has 2 N–H and O–H groups in total. The van der Waals surface area contributed by atoms with Crippen molar-refractivity contribution in [3.05, 3.63) is 69.7 Å². The molecule has 0 amide bonds. The molecule has 0 saturated carbocycles. The van der Waals surface area contributed by atoms with E-state index in [1.165, 1.54) is 10.6 Å². The topological polar surface area (TPSA) is 65.0 Å². The maximum atomic E-state index is 9.79. The number of fused-ring (bicyclic) bond motifs is 1. The van der Waals surface area contributed by atoms with E-state index in [-0.39, 0.29) is 6.04 Å². The lowest BCUT2D eigenvalue weighted by Crippen LogP contribution is -2.35. The third-order valence-electron chi connectivity index (χ3n) is 4.54. The van der Waals surface area contributed by atoms with Crippen LogP contribution in [0.5, 0.6) is 0 Å². The minimum atomic E-state index is -0.973. The Kier molecular flexibility index (Phi) is 4.83. The molecule has 0 radical (unpaired) electrons. The summed E-state index contributed by atoms with van der Waals surface area (Å²) in [7, 11) is 0. The SMILES string of the molecule is CC(C)(O)C#Cc1ccc(CN2CCc3[nH]cnc3C2c2cccnc2)s1. The number of thiophene rings is 1. The first-order valence-electron chi connectivity index (χ1n) is 9.00. The van der Waals surface area contributed by atoms with Gasteiger partial charge in [0.25, 0.3) is 0 Å². The van der Waals surface area contributed by atoms with Crippen molar-refractivity contribution in [3.8, 4) is 11.8 Å². The summed E-state index contributed by atoms with van der Waals surface area (Å²) in [6, 6.07) is 8.34. The van der Waals surface area contributed by atoms with Crippen LogP contribution in [0.15, 0.2) is 43.0 Å². The standard InChI is InChI=1S/C21H22N4OS/c1-21(2,26)9-7-16-5-6-17(27-16)13-25-11-8-18-19(24-14-23-18)20(25)15-4-3-10-22-12-15/h3-6,10,12,14,20,26H,8,11,13H2,1-2H3,(H,23,24). The lowest BCUT2D eigenvalue weighted by Gasteiger charge is -2.34. The van der Waals surface area contributed by atoms with Gasteiger partial charge in [-0.1, -0.05) is 17.9 Å². The molecule has 3 aromatic heterocycles. The second kappa shape index (κ2) is 7.28. The summed E-state index contributed by atoms with van der Waals surface area (Å²) in [5, 5.41) is 9.79. The summed E-state index contributed by atoms with van der Waals surface area (Å²) in [4.78, 5) is 16.9. The Hall–Kier alpha value is -2.46. The highest BCUT2D eigenvalue weighted by molar-refractivity contribution is 7.12. The van der Waals surface area contributed by atoms with E-state index in [1.807, 2.05) is 18.3 Å². The van der Waals surface area contributed by atoms with Crippen LogP contribution >= 0.6 is 11.3 Å². The summed E-state index contributed by atoms with van der Waals surface area (Å²) in [6.45, 7) is 5.18. The minimum absolute atomic E-state index is 0.0988. The first-order chi connectivity index (χ1) is 13.0. The molecule has 5 nitrogen and oxygen atoms in total. The largest absolute Gasteiger partial charge is 0.378 e. The van der Waals surface area contributed by atoms with E-state index in [0.717, 1.165) is 35.6 Å². The molecule has 3 aromatic rings. The lowest BCUT2D eigenvalue weighted by molar-refractivity contribution is 0.143. The number of pyridine rings is 1. The summed E-state index contributed by atoms with van der Waals surface area (Å²) in [6.07, 6.45) is 6.47. The fourth-order valence-corrected chi connectivity index (χ4v) is 4.23. The van der Waals surface area contributed by atoms with Gasteiger partial charge in [-0.15, -0.1) is 11.3 Å². The van der Waals surface area contributed by atoms with Crippen molar-refractivity contribution in [1.82, 2.24) is 19.9 Å². The Labute approximate surface area is 163 Å². The van der Waals surface area contributed by atoms with Crippen molar-refractivity contribution in [2.75, 3.05) is 6.54 Å². The number of hydrogen-bond donors (Lipinski definition) is 2. The van der Waals surface area contributed by atoms with Gasteiger partial charge >= 0.3 is 0 Å². The Morgan fingerprint density at radius 1 is 1.37 bits per heavy atom. The molecule has 0 saturated heterocycles. The maximum Gasteiger partial charge on any atom is 0.120 e. The van der Waals surface area contributed by atoms with Gasteiger partial charge in [-0.05, 0) is 37.6 Å². The highest BCUT2D eigenvalue weighted by atomic mass is 32.1. The van der Waals surface area contributed by atoms with Gasteiger partial charge in [0.15, 0.2) is 0 Å². The van der Waals surface area contributed by atoms with Gasteiger partial charge in [0.2, 0.25) is 0 Å². The average Bonchev–Trinajstić information content (AvgIpc) is 3.29. The zero-order valence-electron chi connectivity index (χ0n) is 15.4. The molecule has 1 unspecified atom stereocenters. The number of hydrogen-bond acceptors (Lipinski definition) is 5. The molecule has 0 bridgehead atoms. The predicted octanol–water partition coefficient (Wildman–Crippen LogP) is 3.14. The molecule has 0 aliphatic carbocycles. The van der Waals surface area contributed by atoms with Crippen molar-refractivity contribution in [3.63, 3.8) is 0 Å². The third kappa shape index (κ3) is 4.11. The van der Waals surface area contributed by atoms with Gasteiger partial charge < -0.3 is 10.1 Å². The molecule has 1 aliphatic rings. The van der Waals surface area contributed by atoms with Crippen molar-refractivity contribution in [2.24, 2.45) is 0 Å². The van der Waals surface area contributed by atoms with E-state index in [1.54, 1.807) is 37.7 Å². The fourth-order valence-electron chi connectivity index (χ4n) is 3.35. The zero-order chi connectivity index (χ0) is 18.9. The molecule has 1 atom stereocenters. The van der Waals surface area contributed by atoms with Crippen molar-refractivity contribution in [1.29, 1.82) is 0 Å². The van der Waals surface area contributed by atoms with E-state index in [4.69, 9.17) is 0 Å². The quantitative estimate of drug-likeness (QED) is 0.687. The molecule has 138 valence electrons. The number of imidazole rings is 1. The highest BCUT2D eigenvalue weighted by Crippen LogP contribution is 2.34. The number of aliphatic hydroxyl groups is 1.